The molecule has 1 aromatic heterocycles. The van der Waals surface area contributed by atoms with Crippen molar-refractivity contribution in [1.82, 2.24) is 10.3 Å². The van der Waals surface area contributed by atoms with Crippen LogP contribution >= 0.6 is 0 Å². The number of fused-ring (bicyclic) bond motifs is 1. The highest BCUT2D eigenvalue weighted by molar-refractivity contribution is 6.07. The van der Waals surface area contributed by atoms with Crippen molar-refractivity contribution in [3.8, 4) is 0 Å². The van der Waals surface area contributed by atoms with Crippen LogP contribution in [0.15, 0.2) is 54.6 Å². The SMILES string of the molecule is Cc1[nH]c2ccccc2c1CCNC(=O)CC(=O)c1ccccc1. The first-order valence-corrected chi connectivity index (χ1v) is 8.06. The number of H-pyrrole nitrogens is 1. The van der Waals surface area contributed by atoms with Crippen LogP contribution in [-0.4, -0.2) is 23.2 Å². The fraction of sp³-hybridized carbons (Fsp3) is 0.200. The number of hydrogen-bond donors (Lipinski definition) is 2. The van der Waals surface area contributed by atoms with Gasteiger partial charge in [0.25, 0.3) is 0 Å². The van der Waals surface area contributed by atoms with Gasteiger partial charge in [-0.15, -0.1) is 0 Å². The highest BCUT2D eigenvalue weighted by Gasteiger charge is 2.12. The Morgan fingerprint density at radius 1 is 1.00 bits per heavy atom. The molecule has 0 aliphatic carbocycles. The molecule has 0 unspecified atom stereocenters. The monoisotopic (exact) mass is 320 g/mol. The lowest BCUT2D eigenvalue weighted by atomic mass is 10.1. The normalized spacial score (nSPS) is 10.7. The van der Waals surface area contributed by atoms with Crippen molar-refractivity contribution in [3.05, 3.63) is 71.4 Å². The van der Waals surface area contributed by atoms with Crippen molar-refractivity contribution in [3.63, 3.8) is 0 Å². The molecule has 0 aliphatic heterocycles. The van der Waals surface area contributed by atoms with Crippen molar-refractivity contribution in [2.24, 2.45) is 0 Å². The van der Waals surface area contributed by atoms with E-state index in [-0.39, 0.29) is 18.1 Å². The maximum atomic E-state index is 12.0. The van der Waals surface area contributed by atoms with E-state index >= 15 is 0 Å². The molecular weight excluding hydrogens is 300 g/mol. The number of benzene rings is 2. The first-order chi connectivity index (χ1) is 11.6. The van der Waals surface area contributed by atoms with Gasteiger partial charge in [0.2, 0.25) is 5.91 Å². The number of ketones is 1. The van der Waals surface area contributed by atoms with Crippen LogP contribution in [0.5, 0.6) is 0 Å². The third-order valence-corrected chi connectivity index (χ3v) is 4.14. The van der Waals surface area contributed by atoms with Crippen LogP contribution < -0.4 is 5.32 Å². The van der Waals surface area contributed by atoms with Crippen LogP contribution in [0.3, 0.4) is 0 Å². The first-order valence-electron chi connectivity index (χ1n) is 8.06. The summed E-state index contributed by atoms with van der Waals surface area (Å²) in [5.41, 5.74) is 4.00. The summed E-state index contributed by atoms with van der Waals surface area (Å²) in [5, 5.41) is 4.02. The molecule has 3 aromatic rings. The minimum atomic E-state index is -0.235. The van der Waals surface area contributed by atoms with E-state index in [1.54, 1.807) is 24.3 Å². The number of para-hydroxylation sites is 1. The molecule has 4 nitrogen and oxygen atoms in total. The summed E-state index contributed by atoms with van der Waals surface area (Å²) in [4.78, 5) is 27.3. The average Bonchev–Trinajstić information content (AvgIpc) is 2.91. The number of amides is 1. The van der Waals surface area contributed by atoms with Crippen molar-refractivity contribution >= 4 is 22.6 Å². The summed E-state index contributed by atoms with van der Waals surface area (Å²) in [6.07, 6.45) is 0.623. The van der Waals surface area contributed by atoms with Gasteiger partial charge in [-0.1, -0.05) is 48.5 Å². The Balaban J connectivity index is 1.55. The van der Waals surface area contributed by atoms with Gasteiger partial charge in [0.05, 0.1) is 6.42 Å². The first kappa shape index (κ1) is 16.0. The topological polar surface area (TPSA) is 62.0 Å². The third-order valence-electron chi connectivity index (χ3n) is 4.14. The van der Waals surface area contributed by atoms with Crippen LogP contribution in [0.2, 0.25) is 0 Å². The molecule has 1 heterocycles. The molecule has 0 aliphatic rings. The summed E-state index contributed by atoms with van der Waals surface area (Å²) in [5.74, 6) is -0.391. The summed E-state index contributed by atoms with van der Waals surface area (Å²) in [7, 11) is 0. The highest BCUT2D eigenvalue weighted by atomic mass is 16.2. The van der Waals surface area contributed by atoms with Crippen LogP contribution in [0.4, 0.5) is 0 Å². The van der Waals surface area contributed by atoms with Crippen LogP contribution in [0.25, 0.3) is 10.9 Å². The Labute approximate surface area is 140 Å². The lowest BCUT2D eigenvalue weighted by molar-refractivity contribution is -0.120. The van der Waals surface area contributed by atoms with E-state index in [1.165, 1.54) is 10.9 Å². The van der Waals surface area contributed by atoms with E-state index < -0.39 is 0 Å². The van der Waals surface area contributed by atoms with E-state index in [9.17, 15) is 9.59 Å². The molecule has 122 valence electrons. The number of rotatable bonds is 6. The van der Waals surface area contributed by atoms with Gasteiger partial charge in [-0.25, -0.2) is 0 Å². The molecule has 0 saturated carbocycles. The van der Waals surface area contributed by atoms with Gasteiger partial charge in [-0.2, -0.15) is 0 Å². The second-order valence-corrected chi connectivity index (χ2v) is 5.84. The molecule has 0 bridgehead atoms. The standard InChI is InChI=1S/C20H20N2O2/c1-14-16(17-9-5-6-10-18(17)22-14)11-12-21-20(24)13-19(23)15-7-3-2-4-8-15/h2-10,22H,11-13H2,1H3,(H,21,24). The molecule has 1 amide bonds. The predicted molar refractivity (Wildman–Crippen MR) is 95.1 cm³/mol. The largest absolute Gasteiger partial charge is 0.358 e. The number of nitrogens with one attached hydrogen (secondary N) is 2. The number of Topliss-reactive ketones (excluding diaryl/α,β-unsaturated/α-hetero) is 1. The molecule has 3 rings (SSSR count). The fourth-order valence-corrected chi connectivity index (χ4v) is 2.92. The van der Waals surface area contributed by atoms with E-state index in [0.717, 1.165) is 17.6 Å². The quantitative estimate of drug-likeness (QED) is 0.540. The van der Waals surface area contributed by atoms with Crippen molar-refractivity contribution in [2.75, 3.05) is 6.54 Å². The third kappa shape index (κ3) is 3.54. The van der Waals surface area contributed by atoms with Crippen LogP contribution in [0, 0.1) is 6.92 Å². The maximum Gasteiger partial charge on any atom is 0.227 e. The van der Waals surface area contributed by atoms with Crippen molar-refractivity contribution in [1.29, 1.82) is 0 Å². The Hall–Kier alpha value is -2.88. The molecule has 4 heteroatoms. The number of aromatic nitrogens is 1. The number of carbonyl (C=O) groups is 2. The maximum absolute atomic E-state index is 12.0. The number of hydrogen-bond acceptors (Lipinski definition) is 2. The predicted octanol–water partition coefficient (Wildman–Crippen LogP) is 3.41. The molecular formula is C20H20N2O2. The van der Waals surface area contributed by atoms with Crippen molar-refractivity contribution < 1.29 is 9.59 Å². The van der Waals surface area contributed by atoms with Gasteiger partial charge in [0.15, 0.2) is 5.78 Å². The Kier molecular flexibility index (Phi) is 4.75. The molecule has 0 atom stereocenters. The van der Waals surface area contributed by atoms with E-state index in [0.29, 0.717) is 12.1 Å². The van der Waals surface area contributed by atoms with Crippen LogP contribution in [-0.2, 0) is 11.2 Å². The molecule has 0 saturated heterocycles. The van der Waals surface area contributed by atoms with Crippen molar-refractivity contribution in [2.45, 2.75) is 19.8 Å². The Morgan fingerprint density at radius 3 is 2.50 bits per heavy atom. The smallest absolute Gasteiger partial charge is 0.227 e. The van der Waals surface area contributed by atoms with Gasteiger partial charge in [0.1, 0.15) is 0 Å². The van der Waals surface area contributed by atoms with Gasteiger partial charge in [-0.3, -0.25) is 9.59 Å². The average molecular weight is 320 g/mol. The number of carbonyl (C=O) groups excluding carboxylic acids is 2. The van der Waals surface area contributed by atoms with E-state index in [2.05, 4.69) is 16.4 Å². The molecule has 0 spiro atoms. The lowest BCUT2D eigenvalue weighted by Crippen LogP contribution is -2.27. The van der Waals surface area contributed by atoms with E-state index in [1.807, 2.05) is 31.2 Å². The summed E-state index contributed by atoms with van der Waals surface area (Å²) in [6.45, 7) is 2.56. The van der Waals surface area contributed by atoms with Gasteiger partial charge >= 0.3 is 0 Å². The van der Waals surface area contributed by atoms with Gasteiger partial charge < -0.3 is 10.3 Å². The zero-order valence-electron chi connectivity index (χ0n) is 13.6. The minimum absolute atomic E-state index is 0.114. The second-order valence-electron chi connectivity index (χ2n) is 5.84. The second kappa shape index (κ2) is 7.13. The zero-order valence-corrected chi connectivity index (χ0v) is 13.6. The highest BCUT2D eigenvalue weighted by Crippen LogP contribution is 2.21. The molecule has 2 N–H and O–H groups in total. The number of aryl methyl sites for hydroxylation is 1. The minimum Gasteiger partial charge on any atom is -0.358 e. The van der Waals surface area contributed by atoms with Gasteiger partial charge in [-0.05, 0) is 25.0 Å². The molecule has 24 heavy (non-hydrogen) atoms. The summed E-state index contributed by atoms with van der Waals surface area (Å²) in [6, 6.07) is 17.0. The fourth-order valence-electron chi connectivity index (χ4n) is 2.92. The Morgan fingerprint density at radius 2 is 1.71 bits per heavy atom. The zero-order chi connectivity index (χ0) is 16.9. The number of aromatic amines is 1. The molecule has 0 radical (unpaired) electrons. The summed E-state index contributed by atoms with van der Waals surface area (Å²) >= 11 is 0. The lowest BCUT2D eigenvalue weighted by Gasteiger charge is -2.06. The Bertz CT molecular complexity index is 866. The van der Waals surface area contributed by atoms with Crippen LogP contribution in [0.1, 0.15) is 28.0 Å². The van der Waals surface area contributed by atoms with E-state index in [4.69, 9.17) is 0 Å². The molecule has 0 fully saturated rings. The van der Waals surface area contributed by atoms with Gasteiger partial charge in [0, 0.05) is 28.7 Å². The molecule has 2 aromatic carbocycles. The summed E-state index contributed by atoms with van der Waals surface area (Å²) < 4.78 is 0.